The maximum absolute atomic E-state index is 6.29. The highest BCUT2D eigenvalue weighted by Gasteiger charge is 2.18. The minimum absolute atomic E-state index is 0.0468. The maximum Gasteiger partial charge on any atom is 0.122 e. The fraction of sp³-hybridized carbons (Fsp3) is 0.312. The van der Waals surface area contributed by atoms with Crippen LogP contribution in [-0.2, 0) is 0 Å². The number of hydrogen-bond donors (Lipinski definition) is 1. The molecule has 112 valence electrons. The van der Waals surface area contributed by atoms with Crippen molar-refractivity contribution in [1.82, 2.24) is 10.3 Å². The molecule has 0 fully saturated rings. The summed E-state index contributed by atoms with van der Waals surface area (Å²) in [4.78, 5) is 4.04. The Morgan fingerprint density at radius 3 is 2.38 bits per heavy atom. The monoisotopic (exact) mass is 306 g/mol. The van der Waals surface area contributed by atoms with Gasteiger partial charge in [-0.3, -0.25) is 4.98 Å². The molecule has 1 aromatic carbocycles. The molecule has 1 atom stereocenters. The predicted octanol–water partition coefficient (Wildman–Crippen LogP) is 3.45. The summed E-state index contributed by atoms with van der Waals surface area (Å²) in [5.74, 6) is 1.50. The minimum atomic E-state index is -0.0468. The van der Waals surface area contributed by atoms with Gasteiger partial charge in [0.05, 0.1) is 25.3 Å². The minimum Gasteiger partial charge on any atom is -0.497 e. The first-order valence-electron chi connectivity index (χ1n) is 6.75. The summed E-state index contributed by atoms with van der Waals surface area (Å²) in [6, 6.07) is 7.68. The van der Waals surface area contributed by atoms with Gasteiger partial charge in [-0.25, -0.2) is 0 Å². The Hall–Kier alpha value is -1.78. The van der Waals surface area contributed by atoms with Gasteiger partial charge < -0.3 is 14.8 Å². The highest BCUT2D eigenvalue weighted by Crippen LogP contribution is 2.32. The van der Waals surface area contributed by atoms with E-state index in [1.165, 1.54) is 0 Å². The van der Waals surface area contributed by atoms with Crippen molar-refractivity contribution in [2.45, 2.75) is 13.0 Å². The van der Waals surface area contributed by atoms with E-state index in [0.29, 0.717) is 5.02 Å². The van der Waals surface area contributed by atoms with Crippen LogP contribution in [0.3, 0.4) is 0 Å². The maximum atomic E-state index is 6.29. The van der Waals surface area contributed by atoms with Crippen molar-refractivity contribution in [3.63, 3.8) is 0 Å². The molecule has 0 aliphatic carbocycles. The molecule has 0 amide bonds. The van der Waals surface area contributed by atoms with Crippen molar-refractivity contribution in [2.24, 2.45) is 0 Å². The van der Waals surface area contributed by atoms with Gasteiger partial charge in [-0.2, -0.15) is 0 Å². The van der Waals surface area contributed by atoms with Gasteiger partial charge in [-0.1, -0.05) is 18.5 Å². The standard InChI is InChI=1S/C16H19ClN2O2/c1-4-19-16(14-5-6-18-10-15(14)17)11-7-12(20-2)9-13(8-11)21-3/h5-10,16,19H,4H2,1-3H3. The van der Waals surface area contributed by atoms with E-state index in [2.05, 4.69) is 17.2 Å². The molecule has 2 aromatic rings. The summed E-state index contributed by atoms with van der Waals surface area (Å²) in [6.45, 7) is 2.86. The molecule has 0 spiro atoms. The third kappa shape index (κ3) is 3.65. The average molecular weight is 307 g/mol. The average Bonchev–Trinajstić information content (AvgIpc) is 2.53. The van der Waals surface area contributed by atoms with Crippen molar-refractivity contribution in [3.05, 3.63) is 52.8 Å². The van der Waals surface area contributed by atoms with E-state index < -0.39 is 0 Å². The number of methoxy groups -OCH3 is 2. The second-order valence-corrected chi connectivity index (χ2v) is 4.94. The molecule has 4 nitrogen and oxygen atoms in total. The molecule has 2 rings (SSSR count). The van der Waals surface area contributed by atoms with Crippen LogP contribution in [0.2, 0.25) is 5.02 Å². The quantitative estimate of drug-likeness (QED) is 0.887. The van der Waals surface area contributed by atoms with Crippen LogP contribution in [0.25, 0.3) is 0 Å². The van der Waals surface area contributed by atoms with Crippen molar-refractivity contribution in [2.75, 3.05) is 20.8 Å². The summed E-state index contributed by atoms with van der Waals surface area (Å²) in [7, 11) is 3.28. The molecule has 0 aliphatic rings. The van der Waals surface area contributed by atoms with Crippen LogP contribution >= 0.6 is 11.6 Å². The fourth-order valence-corrected chi connectivity index (χ4v) is 2.46. The van der Waals surface area contributed by atoms with Crippen LogP contribution in [0.1, 0.15) is 24.1 Å². The molecule has 0 radical (unpaired) electrons. The number of pyridine rings is 1. The number of rotatable bonds is 6. The molecule has 0 aliphatic heterocycles. The summed E-state index contributed by atoms with van der Waals surface area (Å²) in [5.41, 5.74) is 2.00. The number of benzene rings is 1. The molecule has 0 saturated heterocycles. The Morgan fingerprint density at radius 2 is 1.86 bits per heavy atom. The van der Waals surface area contributed by atoms with Crippen LogP contribution in [0, 0.1) is 0 Å². The molecular formula is C16H19ClN2O2. The summed E-state index contributed by atoms with van der Waals surface area (Å²) in [5, 5.41) is 4.07. The number of hydrogen-bond acceptors (Lipinski definition) is 4. The van der Waals surface area contributed by atoms with E-state index in [-0.39, 0.29) is 6.04 Å². The van der Waals surface area contributed by atoms with E-state index in [1.54, 1.807) is 26.6 Å². The van der Waals surface area contributed by atoms with Gasteiger partial charge in [-0.05, 0) is 35.9 Å². The van der Waals surface area contributed by atoms with Gasteiger partial charge in [0, 0.05) is 18.5 Å². The smallest absolute Gasteiger partial charge is 0.122 e. The molecule has 1 aromatic heterocycles. The Balaban J connectivity index is 2.50. The SMILES string of the molecule is CCNC(c1cc(OC)cc(OC)c1)c1ccncc1Cl. The number of nitrogens with one attached hydrogen (secondary N) is 1. The fourth-order valence-electron chi connectivity index (χ4n) is 2.23. The first kappa shape index (κ1) is 15.6. The van der Waals surface area contributed by atoms with Crippen LogP contribution in [0.5, 0.6) is 11.5 Å². The van der Waals surface area contributed by atoms with E-state index in [1.807, 2.05) is 24.3 Å². The Labute approximate surface area is 130 Å². The summed E-state index contributed by atoms with van der Waals surface area (Å²) < 4.78 is 10.7. The van der Waals surface area contributed by atoms with Crippen molar-refractivity contribution < 1.29 is 9.47 Å². The molecule has 0 saturated carbocycles. The third-order valence-electron chi connectivity index (χ3n) is 3.23. The van der Waals surface area contributed by atoms with E-state index in [9.17, 15) is 0 Å². The van der Waals surface area contributed by atoms with Crippen LogP contribution in [-0.4, -0.2) is 25.7 Å². The van der Waals surface area contributed by atoms with Crippen molar-refractivity contribution in [1.29, 1.82) is 0 Å². The van der Waals surface area contributed by atoms with Crippen LogP contribution in [0.4, 0.5) is 0 Å². The lowest BCUT2D eigenvalue weighted by Crippen LogP contribution is -2.22. The molecule has 1 N–H and O–H groups in total. The molecule has 0 bridgehead atoms. The lowest BCUT2D eigenvalue weighted by Gasteiger charge is -2.21. The zero-order chi connectivity index (χ0) is 15.2. The zero-order valence-corrected chi connectivity index (χ0v) is 13.1. The molecule has 1 heterocycles. The number of aromatic nitrogens is 1. The second kappa shape index (κ2) is 7.29. The van der Waals surface area contributed by atoms with E-state index in [4.69, 9.17) is 21.1 Å². The van der Waals surface area contributed by atoms with E-state index in [0.717, 1.165) is 29.2 Å². The van der Waals surface area contributed by atoms with Crippen molar-refractivity contribution in [3.8, 4) is 11.5 Å². The highest BCUT2D eigenvalue weighted by molar-refractivity contribution is 6.31. The first-order chi connectivity index (χ1) is 10.2. The second-order valence-electron chi connectivity index (χ2n) is 4.53. The van der Waals surface area contributed by atoms with Crippen LogP contribution < -0.4 is 14.8 Å². The van der Waals surface area contributed by atoms with Crippen LogP contribution in [0.15, 0.2) is 36.7 Å². The van der Waals surface area contributed by atoms with E-state index >= 15 is 0 Å². The van der Waals surface area contributed by atoms with Gasteiger partial charge in [0.25, 0.3) is 0 Å². The van der Waals surface area contributed by atoms with Gasteiger partial charge >= 0.3 is 0 Å². The normalized spacial score (nSPS) is 12.0. The van der Waals surface area contributed by atoms with Crippen molar-refractivity contribution >= 4 is 11.6 Å². The Bertz CT molecular complexity index is 582. The topological polar surface area (TPSA) is 43.4 Å². The molecule has 5 heteroatoms. The lowest BCUT2D eigenvalue weighted by molar-refractivity contribution is 0.392. The Morgan fingerprint density at radius 1 is 1.19 bits per heavy atom. The largest absolute Gasteiger partial charge is 0.497 e. The lowest BCUT2D eigenvalue weighted by atomic mass is 9.99. The predicted molar refractivity (Wildman–Crippen MR) is 84.3 cm³/mol. The third-order valence-corrected chi connectivity index (χ3v) is 3.55. The molecular weight excluding hydrogens is 288 g/mol. The number of ether oxygens (including phenoxy) is 2. The molecule has 21 heavy (non-hydrogen) atoms. The Kier molecular flexibility index (Phi) is 5.42. The first-order valence-corrected chi connectivity index (χ1v) is 7.13. The summed E-state index contributed by atoms with van der Waals surface area (Å²) >= 11 is 6.29. The summed E-state index contributed by atoms with van der Waals surface area (Å²) in [6.07, 6.45) is 3.39. The van der Waals surface area contributed by atoms with Gasteiger partial charge in [0.1, 0.15) is 11.5 Å². The highest BCUT2D eigenvalue weighted by atomic mass is 35.5. The van der Waals surface area contributed by atoms with Gasteiger partial charge in [0.15, 0.2) is 0 Å². The molecule has 1 unspecified atom stereocenters. The van der Waals surface area contributed by atoms with Gasteiger partial charge in [0.2, 0.25) is 0 Å². The zero-order valence-electron chi connectivity index (χ0n) is 12.4. The van der Waals surface area contributed by atoms with Gasteiger partial charge in [-0.15, -0.1) is 0 Å². The number of nitrogens with zero attached hydrogens (tertiary/aromatic N) is 1. The number of halogens is 1.